The number of amides is 1. The molecule has 2 atom stereocenters. The van der Waals surface area contributed by atoms with Crippen molar-refractivity contribution in [1.82, 2.24) is 15.1 Å². The number of carbonyl (C=O) groups is 1. The van der Waals surface area contributed by atoms with Gasteiger partial charge in [0.25, 0.3) is 5.91 Å². The first-order chi connectivity index (χ1) is 9.72. The zero-order valence-corrected chi connectivity index (χ0v) is 11.7. The molecule has 1 aliphatic heterocycles. The highest BCUT2D eigenvalue weighted by molar-refractivity contribution is 6.05. The molecule has 20 heavy (non-hydrogen) atoms. The third-order valence-electron chi connectivity index (χ3n) is 4.33. The van der Waals surface area contributed by atoms with Gasteiger partial charge >= 0.3 is 0 Å². The Hall–Kier alpha value is -1.88. The fourth-order valence-corrected chi connectivity index (χ4v) is 3.16. The quantitative estimate of drug-likeness (QED) is 0.874. The van der Waals surface area contributed by atoms with Crippen LogP contribution in [0.1, 0.15) is 30.1 Å². The number of aromatic amines is 1. The summed E-state index contributed by atoms with van der Waals surface area (Å²) in [5, 5.41) is 7.91. The van der Waals surface area contributed by atoms with E-state index >= 15 is 0 Å². The van der Waals surface area contributed by atoms with Crippen LogP contribution in [0.25, 0.3) is 10.9 Å². The Morgan fingerprint density at radius 2 is 2.40 bits per heavy atom. The number of benzene rings is 1. The van der Waals surface area contributed by atoms with Gasteiger partial charge in [-0.1, -0.05) is 19.1 Å². The molecule has 0 aliphatic carbocycles. The van der Waals surface area contributed by atoms with Crippen LogP contribution >= 0.6 is 0 Å². The molecule has 0 spiro atoms. The van der Waals surface area contributed by atoms with Crippen LogP contribution < -0.4 is 5.73 Å². The molecule has 5 heteroatoms. The molecule has 5 nitrogen and oxygen atoms in total. The van der Waals surface area contributed by atoms with Crippen molar-refractivity contribution in [2.75, 3.05) is 13.1 Å². The molecule has 0 unspecified atom stereocenters. The molecule has 3 rings (SSSR count). The van der Waals surface area contributed by atoms with E-state index in [1.807, 2.05) is 23.1 Å². The fraction of sp³-hybridized carbons (Fsp3) is 0.467. The van der Waals surface area contributed by atoms with Gasteiger partial charge in [0, 0.05) is 24.5 Å². The average Bonchev–Trinajstić information content (AvgIpc) is 2.94. The second-order valence-electron chi connectivity index (χ2n) is 5.56. The van der Waals surface area contributed by atoms with Gasteiger partial charge in [0.15, 0.2) is 0 Å². The maximum atomic E-state index is 12.8. The van der Waals surface area contributed by atoms with E-state index in [1.54, 1.807) is 6.20 Å². The zero-order valence-electron chi connectivity index (χ0n) is 11.7. The number of para-hydroxylation sites is 1. The van der Waals surface area contributed by atoms with Crippen LogP contribution in [-0.4, -0.2) is 40.1 Å². The normalized spacial score (nSPS) is 23.2. The van der Waals surface area contributed by atoms with Gasteiger partial charge in [-0.25, -0.2) is 0 Å². The van der Waals surface area contributed by atoms with Crippen LogP contribution in [0.15, 0.2) is 24.4 Å². The number of likely N-dealkylation sites (tertiary alicyclic amines) is 1. The lowest BCUT2D eigenvalue weighted by atomic mass is 9.90. The highest BCUT2D eigenvalue weighted by Gasteiger charge is 2.32. The van der Waals surface area contributed by atoms with Gasteiger partial charge in [0.2, 0.25) is 0 Å². The van der Waals surface area contributed by atoms with Crippen LogP contribution in [0.5, 0.6) is 0 Å². The Bertz CT molecular complexity index is 621. The van der Waals surface area contributed by atoms with Gasteiger partial charge in [0.05, 0.1) is 17.3 Å². The molecule has 1 aromatic carbocycles. The summed E-state index contributed by atoms with van der Waals surface area (Å²) in [5.41, 5.74) is 7.38. The molecule has 0 radical (unpaired) electrons. The first-order valence-corrected chi connectivity index (χ1v) is 7.15. The minimum atomic E-state index is 0.0573. The van der Waals surface area contributed by atoms with Crippen molar-refractivity contribution in [3.8, 4) is 0 Å². The molecule has 106 valence electrons. The summed E-state index contributed by atoms with van der Waals surface area (Å²) in [5.74, 6) is 0.514. The van der Waals surface area contributed by atoms with E-state index in [0.29, 0.717) is 18.0 Å². The molecule has 0 saturated carbocycles. The van der Waals surface area contributed by atoms with E-state index in [9.17, 15) is 4.79 Å². The first kappa shape index (κ1) is 13.1. The molecular weight excluding hydrogens is 252 g/mol. The topological polar surface area (TPSA) is 75.0 Å². The number of nitrogens with two attached hydrogens (primary N) is 1. The van der Waals surface area contributed by atoms with E-state index in [0.717, 1.165) is 30.3 Å². The molecule has 1 fully saturated rings. The van der Waals surface area contributed by atoms with Crippen molar-refractivity contribution in [3.05, 3.63) is 30.0 Å². The predicted octanol–water partition coefficient (Wildman–Crippen LogP) is 1.76. The molecule has 1 saturated heterocycles. The van der Waals surface area contributed by atoms with E-state index in [2.05, 4.69) is 17.1 Å². The van der Waals surface area contributed by atoms with Gasteiger partial charge < -0.3 is 10.6 Å². The Morgan fingerprint density at radius 3 is 3.20 bits per heavy atom. The number of aromatic nitrogens is 2. The average molecular weight is 272 g/mol. The third kappa shape index (κ3) is 2.08. The highest BCUT2D eigenvalue weighted by Crippen LogP contribution is 2.26. The standard InChI is InChI=1S/C15H20N4O/c1-10-4-3-7-19(13(10)8-16)15(20)12-6-2-5-11-9-17-18-14(11)12/h2,5-6,9-10,13H,3-4,7-8,16H2,1H3,(H,17,18)/t10-,13-/m1/s1. The monoisotopic (exact) mass is 272 g/mol. The number of hydrogen-bond acceptors (Lipinski definition) is 3. The maximum absolute atomic E-state index is 12.8. The van der Waals surface area contributed by atoms with Gasteiger partial charge in [-0.3, -0.25) is 9.89 Å². The van der Waals surface area contributed by atoms with Gasteiger partial charge in [-0.15, -0.1) is 0 Å². The van der Waals surface area contributed by atoms with Crippen molar-refractivity contribution in [3.63, 3.8) is 0 Å². The van der Waals surface area contributed by atoms with E-state index in [1.165, 1.54) is 0 Å². The number of rotatable bonds is 2. The lowest BCUT2D eigenvalue weighted by Crippen LogP contribution is -2.51. The number of hydrogen-bond donors (Lipinski definition) is 2. The summed E-state index contributed by atoms with van der Waals surface area (Å²) >= 11 is 0. The molecule has 1 amide bonds. The second-order valence-corrected chi connectivity index (χ2v) is 5.56. The molecule has 2 aromatic rings. The Kier molecular flexibility index (Phi) is 3.44. The molecule has 1 aliphatic rings. The highest BCUT2D eigenvalue weighted by atomic mass is 16.2. The summed E-state index contributed by atoms with van der Waals surface area (Å²) < 4.78 is 0. The fourth-order valence-electron chi connectivity index (χ4n) is 3.16. The minimum absolute atomic E-state index is 0.0573. The van der Waals surface area contributed by atoms with Crippen LogP contribution in [0.3, 0.4) is 0 Å². The van der Waals surface area contributed by atoms with E-state index < -0.39 is 0 Å². The minimum Gasteiger partial charge on any atom is -0.334 e. The lowest BCUT2D eigenvalue weighted by molar-refractivity contribution is 0.0534. The number of nitrogens with zero attached hydrogens (tertiary/aromatic N) is 2. The van der Waals surface area contributed by atoms with Crippen LogP contribution in [0.4, 0.5) is 0 Å². The lowest BCUT2D eigenvalue weighted by Gasteiger charge is -2.39. The molecule has 1 aromatic heterocycles. The number of piperidine rings is 1. The van der Waals surface area contributed by atoms with Gasteiger partial charge in [-0.05, 0) is 24.8 Å². The first-order valence-electron chi connectivity index (χ1n) is 7.15. The number of carbonyl (C=O) groups excluding carboxylic acids is 1. The van der Waals surface area contributed by atoms with Gasteiger partial charge in [-0.2, -0.15) is 5.10 Å². The molecule has 3 N–H and O–H groups in total. The summed E-state index contributed by atoms with van der Waals surface area (Å²) in [6, 6.07) is 5.84. The van der Waals surface area contributed by atoms with Crippen molar-refractivity contribution in [2.24, 2.45) is 11.7 Å². The second kappa shape index (κ2) is 5.25. The van der Waals surface area contributed by atoms with Crippen LogP contribution in [0.2, 0.25) is 0 Å². The Balaban J connectivity index is 1.97. The van der Waals surface area contributed by atoms with Gasteiger partial charge in [0.1, 0.15) is 0 Å². The van der Waals surface area contributed by atoms with Crippen molar-refractivity contribution in [2.45, 2.75) is 25.8 Å². The van der Waals surface area contributed by atoms with Crippen molar-refractivity contribution >= 4 is 16.8 Å². The van der Waals surface area contributed by atoms with E-state index in [-0.39, 0.29) is 11.9 Å². The third-order valence-corrected chi connectivity index (χ3v) is 4.33. The van der Waals surface area contributed by atoms with Crippen molar-refractivity contribution < 1.29 is 4.79 Å². The number of fused-ring (bicyclic) bond motifs is 1. The molecule has 0 bridgehead atoms. The number of nitrogens with one attached hydrogen (secondary N) is 1. The van der Waals surface area contributed by atoms with Crippen LogP contribution in [-0.2, 0) is 0 Å². The largest absolute Gasteiger partial charge is 0.334 e. The maximum Gasteiger partial charge on any atom is 0.256 e. The number of H-pyrrole nitrogens is 1. The van der Waals surface area contributed by atoms with E-state index in [4.69, 9.17) is 5.73 Å². The molecule has 2 heterocycles. The van der Waals surface area contributed by atoms with Crippen molar-refractivity contribution in [1.29, 1.82) is 0 Å². The summed E-state index contributed by atoms with van der Waals surface area (Å²) in [4.78, 5) is 14.8. The predicted molar refractivity (Wildman–Crippen MR) is 78.4 cm³/mol. The summed E-state index contributed by atoms with van der Waals surface area (Å²) in [7, 11) is 0. The zero-order chi connectivity index (χ0) is 14.1. The summed E-state index contributed by atoms with van der Waals surface area (Å²) in [6.45, 7) is 3.48. The summed E-state index contributed by atoms with van der Waals surface area (Å²) in [6.07, 6.45) is 3.92. The Morgan fingerprint density at radius 1 is 1.55 bits per heavy atom. The van der Waals surface area contributed by atoms with Crippen LogP contribution in [0, 0.1) is 5.92 Å². The Labute approximate surface area is 118 Å². The molecular formula is C15H20N4O. The smallest absolute Gasteiger partial charge is 0.256 e. The SMILES string of the molecule is C[C@@H]1CCCN(C(=O)c2cccc3cn[nH]c23)[C@@H]1CN.